The van der Waals surface area contributed by atoms with Gasteiger partial charge in [-0.05, 0) is 81.2 Å². The van der Waals surface area contributed by atoms with Crippen LogP contribution in [0.25, 0.3) is 22.0 Å². The van der Waals surface area contributed by atoms with E-state index in [4.69, 9.17) is 0 Å². The average Bonchev–Trinajstić information content (AvgIpc) is 3.54. The Kier molecular flexibility index (Phi) is 5.49. The summed E-state index contributed by atoms with van der Waals surface area (Å²) in [6.07, 6.45) is 10.1. The topological polar surface area (TPSA) is 50.1 Å². The quantitative estimate of drug-likeness (QED) is 0.420. The first-order valence-corrected chi connectivity index (χ1v) is 12.2. The van der Waals surface area contributed by atoms with E-state index in [1.165, 1.54) is 6.07 Å². The highest BCUT2D eigenvalue weighted by Crippen LogP contribution is 2.38. The van der Waals surface area contributed by atoms with E-state index in [9.17, 15) is 4.39 Å². The molecule has 6 rings (SSSR count). The van der Waals surface area contributed by atoms with Crippen molar-refractivity contribution in [3.8, 4) is 11.1 Å². The van der Waals surface area contributed by atoms with E-state index in [1.807, 2.05) is 12.3 Å². The molecule has 0 spiro atoms. The maximum atomic E-state index is 13.9. The van der Waals surface area contributed by atoms with Crippen LogP contribution in [-0.2, 0) is 0 Å². The third-order valence-corrected chi connectivity index (χ3v) is 7.37. The predicted molar refractivity (Wildman–Crippen MR) is 132 cm³/mol. The molecule has 2 aliphatic rings. The molecular formula is C27H29FN6. The molecule has 2 fully saturated rings. The molecule has 2 aliphatic heterocycles. The van der Waals surface area contributed by atoms with Gasteiger partial charge in [-0.25, -0.2) is 14.4 Å². The highest BCUT2D eigenvalue weighted by molar-refractivity contribution is 5.92. The molecule has 0 saturated carbocycles. The number of anilines is 1. The Morgan fingerprint density at radius 1 is 0.941 bits per heavy atom. The monoisotopic (exact) mass is 456 g/mol. The number of aromatic nitrogens is 4. The number of piperidine rings is 1. The van der Waals surface area contributed by atoms with E-state index in [1.54, 1.807) is 18.5 Å². The molecule has 0 bridgehead atoms. The zero-order valence-corrected chi connectivity index (χ0v) is 19.4. The Morgan fingerprint density at radius 2 is 1.82 bits per heavy atom. The van der Waals surface area contributed by atoms with Crippen molar-refractivity contribution in [3.05, 3.63) is 72.6 Å². The Morgan fingerprint density at radius 3 is 2.68 bits per heavy atom. The van der Waals surface area contributed by atoms with Crippen LogP contribution >= 0.6 is 0 Å². The van der Waals surface area contributed by atoms with Crippen LogP contribution < -0.4 is 4.90 Å². The Bertz CT molecular complexity index is 1310. The predicted octanol–water partition coefficient (Wildman–Crippen LogP) is 5.24. The van der Waals surface area contributed by atoms with E-state index in [-0.39, 0.29) is 11.9 Å². The van der Waals surface area contributed by atoms with Gasteiger partial charge in [-0.15, -0.1) is 0 Å². The molecule has 0 amide bonds. The van der Waals surface area contributed by atoms with Gasteiger partial charge >= 0.3 is 0 Å². The summed E-state index contributed by atoms with van der Waals surface area (Å²) in [7, 11) is 2.18. The maximum absolute atomic E-state index is 13.9. The molecule has 1 atom stereocenters. The molecule has 2 aromatic heterocycles. The Labute approximate surface area is 199 Å². The lowest BCUT2D eigenvalue weighted by Crippen LogP contribution is -2.31. The molecule has 34 heavy (non-hydrogen) atoms. The van der Waals surface area contributed by atoms with Crippen LogP contribution in [0.15, 0.2) is 61.2 Å². The number of rotatable bonds is 4. The van der Waals surface area contributed by atoms with Gasteiger partial charge in [0.05, 0.1) is 23.8 Å². The summed E-state index contributed by atoms with van der Waals surface area (Å²) in [5.41, 5.74) is 4.14. The van der Waals surface area contributed by atoms with Crippen molar-refractivity contribution < 1.29 is 4.39 Å². The number of nitrogens with zero attached hydrogens (tertiary/aromatic N) is 6. The fourth-order valence-electron chi connectivity index (χ4n) is 5.48. The van der Waals surface area contributed by atoms with Crippen molar-refractivity contribution >= 4 is 16.7 Å². The standard InChI is InChI=1S/C27H29FN6/c1-32-12-9-23(10-13-32)34-17-21(16-31-34)19-7-8-24-25(15-19)29-18-30-27(24)33-11-3-6-26(33)20-4-2-5-22(28)14-20/h2,4-5,7-8,14-18,23,26H,3,6,9-13H2,1H3. The number of hydrogen-bond donors (Lipinski definition) is 0. The van der Waals surface area contributed by atoms with Crippen molar-refractivity contribution in [3.63, 3.8) is 0 Å². The van der Waals surface area contributed by atoms with Crippen LogP contribution in [0.1, 0.15) is 43.3 Å². The van der Waals surface area contributed by atoms with Crippen molar-refractivity contribution in [2.75, 3.05) is 31.6 Å². The van der Waals surface area contributed by atoms with Gasteiger partial charge in [-0.2, -0.15) is 5.10 Å². The number of fused-ring (bicyclic) bond motifs is 1. The molecule has 7 heteroatoms. The Balaban J connectivity index is 1.30. The molecule has 174 valence electrons. The lowest BCUT2D eigenvalue weighted by molar-refractivity contribution is 0.212. The number of benzene rings is 2. The fraction of sp³-hybridized carbons (Fsp3) is 0.370. The summed E-state index contributed by atoms with van der Waals surface area (Å²) in [5.74, 6) is 0.729. The minimum absolute atomic E-state index is 0.126. The molecule has 6 nitrogen and oxygen atoms in total. The van der Waals surface area contributed by atoms with E-state index in [0.29, 0.717) is 6.04 Å². The largest absolute Gasteiger partial charge is 0.349 e. The minimum Gasteiger partial charge on any atom is -0.349 e. The molecule has 4 aromatic rings. The van der Waals surface area contributed by atoms with Crippen molar-refractivity contribution in [2.24, 2.45) is 0 Å². The van der Waals surface area contributed by atoms with Crippen molar-refractivity contribution in [2.45, 2.75) is 37.8 Å². The molecular weight excluding hydrogens is 427 g/mol. The zero-order chi connectivity index (χ0) is 23.1. The molecule has 1 unspecified atom stereocenters. The van der Waals surface area contributed by atoms with Crippen LogP contribution in [0, 0.1) is 5.82 Å². The summed E-state index contributed by atoms with van der Waals surface area (Å²) in [6.45, 7) is 3.13. The van der Waals surface area contributed by atoms with Gasteiger partial charge in [0.15, 0.2) is 0 Å². The maximum Gasteiger partial charge on any atom is 0.140 e. The zero-order valence-electron chi connectivity index (χ0n) is 19.4. The lowest BCUT2D eigenvalue weighted by atomic mass is 10.0. The number of halogens is 1. The normalized spacial score (nSPS) is 19.8. The lowest BCUT2D eigenvalue weighted by Gasteiger charge is -2.28. The van der Waals surface area contributed by atoms with Crippen LogP contribution in [0.2, 0.25) is 0 Å². The van der Waals surface area contributed by atoms with Crippen molar-refractivity contribution in [1.82, 2.24) is 24.6 Å². The van der Waals surface area contributed by atoms with Gasteiger partial charge in [0.1, 0.15) is 18.0 Å². The van der Waals surface area contributed by atoms with Gasteiger partial charge in [0.2, 0.25) is 0 Å². The first-order valence-electron chi connectivity index (χ1n) is 12.2. The summed E-state index contributed by atoms with van der Waals surface area (Å²) >= 11 is 0. The highest BCUT2D eigenvalue weighted by Gasteiger charge is 2.29. The van der Waals surface area contributed by atoms with Crippen LogP contribution in [0.3, 0.4) is 0 Å². The van der Waals surface area contributed by atoms with E-state index < -0.39 is 0 Å². The molecule has 0 N–H and O–H groups in total. The van der Waals surface area contributed by atoms with E-state index in [0.717, 1.165) is 78.7 Å². The average molecular weight is 457 g/mol. The van der Waals surface area contributed by atoms with E-state index in [2.05, 4.69) is 61.0 Å². The summed E-state index contributed by atoms with van der Waals surface area (Å²) in [6, 6.07) is 13.9. The molecule has 2 saturated heterocycles. The fourth-order valence-corrected chi connectivity index (χ4v) is 5.48. The minimum atomic E-state index is -0.192. The van der Waals surface area contributed by atoms with Gasteiger partial charge in [-0.1, -0.05) is 18.2 Å². The Hall–Kier alpha value is -3.32. The van der Waals surface area contributed by atoms with Crippen LogP contribution in [0.4, 0.5) is 10.2 Å². The molecule has 0 aliphatic carbocycles. The third-order valence-electron chi connectivity index (χ3n) is 7.37. The molecule has 4 heterocycles. The van der Waals surface area contributed by atoms with Crippen molar-refractivity contribution in [1.29, 1.82) is 0 Å². The molecule has 2 aromatic carbocycles. The summed E-state index contributed by atoms with van der Waals surface area (Å²) < 4.78 is 16.0. The first kappa shape index (κ1) is 21.2. The highest BCUT2D eigenvalue weighted by atomic mass is 19.1. The van der Waals surface area contributed by atoms with Gasteiger partial charge in [-0.3, -0.25) is 4.68 Å². The van der Waals surface area contributed by atoms with E-state index >= 15 is 0 Å². The SMILES string of the molecule is CN1CCC(n2cc(-c3ccc4c(N5CCCC5c5cccc(F)c5)ncnc4c3)cn2)CC1. The second-order valence-electron chi connectivity index (χ2n) is 9.58. The summed E-state index contributed by atoms with van der Waals surface area (Å²) in [5, 5.41) is 5.70. The second kappa shape index (κ2) is 8.80. The summed E-state index contributed by atoms with van der Waals surface area (Å²) in [4.78, 5) is 13.9. The smallest absolute Gasteiger partial charge is 0.140 e. The van der Waals surface area contributed by atoms with Gasteiger partial charge < -0.3 is 9.80 Å². The number of likely N-dealkylation sites (tertiary alicyclic amines) is 1. The molecule has 0 radical (unpaired) electrons. The second-order valence-corrected chi connectivity index (χ2v) is 9.58. The van der Waals surface area contributed by atoms with Crippen LogP contribution in [-0.4, -0.2) is 51.3 Å². The number of hydrogen-bond acceptors (Lipinski definition) is 5. The third kappa shape index (κ3) is 3.94. The van der Waals surface area contributed by atoms with Gasteiger partial charge in [0, 0.05) is 23.7 Å². The first-order chi connectivity index (χ1) is 16.7. The van der Waals surface area contributed by atoms with Crippen LogP contribution in [0.5, 0.6) is 0 Å². The van der Waals surface area contributed by atoms with Gasteiger partial charge in [0.25, 0.3) is 0 Å².